The number of halogens is 4. The van der Waals surface area contributed by atoms with Crippen LogP contribution in [-0.2, 0) is 22.7 Å². The zero-order valence-electron chi connectivity index (χ0n) is 20.0. The van der Waals surface area contributed by atoms with Crippen LogP contribution >= 0.6 is 0 Å². The van der Waals surface area contributed by atoms with Crippen molar-refractivity contribution in [1.82, 2.24) is 24.8 Å². The number of anilines is 1. The van der Waals surface area contributed by atoms with Crippen molar-refractivity contribution in [2.75, 3.05) is 18.8 Å². The number of nitrogens with zero attached hydrogens (tertiary/aromatic N) is 3. The first kappa shape index (κ1) is 26.1. The molecule has 1 aliphatic heterocycles. The van der Waals surface area contributed by atoms with Crippen molar-refractivity contribution >= 4 is 26.7 Å². The zero-order valence-corrected chi connectivity index (χ0v) is 20.8. The van der Waals surface area contributed by atoms with Crippen LogP contribution in [0.5, 0.6) is 0 Å². The fourth-order valence-corrected chi connectivity index (χ4v) is 5.63. The van der Waals surface area contributed by atoms with Gasteiger partial charge in [0, 0.05) is 24.8 Å². The van der Waals surface area contributed by atoms with Crippen LogP contribution in [0.15, 0.2) is 59.6 Å². The minimum atomic E-state index is -4.88. The number of nitrogens with two attached hydrogens (primary N) is 1. The average molecular weight is 549 g/mol. The van der Waals surface area contributed by atoms with Crippen LogP contribution < -0.4 is 15.8 Å². The maximum Gasteiger partial charge on any atom is 0.416 e. The molecule has 1 saturated heterocycles. The molecule has 0 radical (unpaired) electrons. The molecule has 0 bridgehead atoms. The number of nitrogen functional groups attached to an aromatic ring is 1. The van der Waals surface area contributed by atoms with Crippen molar-refractivity contribution in [3.05, 3.63) is 71.7 Å². The minimum Gasteiger partial charge on any atom is -0.383 e. The Morgan fingerprint density at radius 3 is 2.58 bits per heavy atom. The van der Waals surface area contributed by atoms with Crippen LogP contribution in [0.1, 0.15) is 30.0 Å². The van der Waals surface area contributed by atoms with Gasteiger partial charge in [-0.25, -0.2) is 22.5 Å². The van der Waals surface area contributed by atoms with Gasteiger partial charge in [0.25, 0.3) is 0 Å². The standard InChI is InChI=1S/C25H24F4N6O2S/c26-18-10-17(25(27,28)29)11-20(12-18)38(36,37)33-13-15-3-5-16(6-4-15)23-22-21(7-9-32-24(22)30)35(34-23)19-2-1-8-31-14-19/h3-7,9-12,19,31,33H,1-2,8,13-14H2,(H2,30,32)/t19-/m1/s1. The molecule has 38 heavy (non-hydrogen) atoms. The predicted octanol–water partition coefficient (Wildman–Crippen LogP) is 4.24. The highest BCUT2D eigenvalue weighted by atomic mass is 32.2. The molecule has 8 nitrogen and oxygen atoms in total. The Morgan fingerprint density at radius 2 is 1.89 bits per heavy atom. The third-order valence-corrected chi connectivity index (χ3v) is 7.85. The third-order valence-electron chi connectivity index (χ3n) is 6.47. The molecule has 4 aromatic rings. The van der Waals surface area contributed by atoms with E-state index in [4.69, 9.17) is 10.8 Å². The fourth-order valence-electron chi connectivity index (χ4n) is 4.56. The van der Waals surface area contributed by atoms with Gasteiger partial charge in [-0.2, -0.15) is 18.3 Å². The van der Waals surface area contributed by atoms with E-state index in [0.717, 1.165) is 42.4 Å². The summed E-state index contributed by atoms with van der Waals surface area (Å²) < 4.78 is 82.0. The number of fused-ring (bicyclic) bond motifs is 1. The van der Waals surface area contributed by atoms with E-state index in [2.05, 4.69) is 15.0 Å². The molecule has 0 saturated carbocycles. The van der Waals surface area contributed by atoms with Crippen molar-refractivity contribution < 1.29 is 26.0 Å². The normalized spacial score (nSPS) is 16.7. The molecular weight excluding hydrogens is 524 g/mol. The number of alkyl halides is 3. The molecule has 1 atom stereocenters. The molecule has 13 heteroatoms. The number of rotatable bonds is 6. The van der Waals surface area contributed by atoms with Gasteiger partial charge in [-0.15, -0.1) is 0 Å². The maximum atomic E-state index is 13.7. The second-order valence-electron chi connectivity index (χ2n) is 9.08. The second-order valence-corrected chi connectivity index (χ2v) is 10.8. The van der Waals surface area contributed by atoms with E-state index in [9.17, 15) is 26.0 Å². The number of pyridine rings is 1. The molecule has 2 aromatic heterocycles. The van der Waals surface area contributed by atoms with Crippen molar-refractivity contribution in [3.8, 4) is 11.3 Å². The van der Waals surface area contributed by atoms with Crippen LogP contribution in [0.25, 0.3) is 22.2 Å². The summed E-state index contributed by atoms with van der Waals surface area (Å²) in [7, 11) is -4.41. The lowest BCUT2D eigenvalue weighted by molar-refractivity contribution is -0.137. The number of nitrogens with one attached hydrogen (secondary N) is 2. The summed E-state index contributed by atoms with van der Waals surface area (Å²) in [5.74, 6) is -0.952. The Labute approximate surface area is 215 Å². The molecule has 1 aliphatic rings. The number of aromatic nitrogens is 3. The number of piperidine rings is 1. The molecule has 1 fully saturated rings. The molecule has 0 aliphatic carbocycles. The quantitative estimate of drug-likeness (QED) is 0.311. The van der Waals surface area contributed by atoms with Gasteiger partial charge in [-0.05, 0) is 49.2 Å². The molecule has 200 valence electrons. The van der Waals surface area contributed by atoms with Crippen molar-refractivity contribution in [2.45, 2.75) is 36.5 Å². The van der Waals surface area contributed by atoms with Crippen molar-refractivity contribution in [3.63, 3.8) is 0 Å². The highest BCUT2D eigenvalue weighted by Crippen LogP contribution is 2.34. The number of sulfonamides is 1. The van der Waals surface area contributed by atoms with E-state index in [-0.39, 0.29) is 18.7 Å². The molecule has 0 spiro atoms. The molecule has 3 heterocycles. The highest BCUT2D eigenvalue weighted by molar-refractivity contribution is 7.89. The second kappa shape index (κ2) is 9.97. The Balaban J connectivity index is 1.39. The lowest BCUT2D eigenvalue weighted by atomic mass is 10.1. The van der Waals surface area contributed by atoms with Crippen molar-refractivity contribution in [1.29, 1.82) is 0 Å². The first-order chi connectivity index (χ1) is 18.0. The van der Waals surface area contributed by atoms with Gasteiger partial charge in [-0.3, -0.25) is 4.68 Å². The van der Waals surface area contributed by atoms with E-state index in [1.807, 2.05) is 10.7 Å². The lowest BCUT2D eigenvalue weighted by Gasteiger charge is -2.23. The van der Waals surface area contributed by atoms with Gasteiger partial charge >= 0.3 is 6.18 Å². The highest BCUT2D eigenvalue weighted by Gasteiger charge is 2.33. The summed E-state index contributed by atoms with van der Waals surface area (Å²) >= 11 is 0. The summed E-state index contributed by atoms with van der Waals surface area (Å²) in [6, 6.07) is 10.1. The smallest absolute Gasteiger partial charge is 0.383 e. The zero-order chi connectivity index (χ0) is 27.1. The SMILES string of the molecule is Nc1nccc2c1c(-c1ccc(CNS(=O)(=O)c3cc(F)cc(C(F)(F)F)c3)cc1)nn2[C@@H]1CCCNC1. The van der Waals surface area contributed by atoms with E-state index in [0.29, 0.717) is 29.2 Å². The van der Waals surface area contributed by atoms with Crippen molar-refractivity contribution in [2.24, 2.45) is 0 Å². The lowest BCUT2D eigenvalue weighted by Crippen LogP contribution is -2.32. The summed E-state index contributed by atoms with van der Waals surface area (Å²) in [6.07, 6.45) is -1.24. The fraction of sp³-hybridized carbons (Fsp3) is 0.280. The molecule has 0 amide bonds. The minimum absolute atomic E-state index is 0.163. The maximum absolute atomic E-state index is 13.7. The van der Waals surface area contributed by atoms with Gasteiger partial charge in [-0.1, -0.05) is 24.3 Å². The number of hydrogen-bond acceptors (Lipinski definition) is 6. The van der Waals surface area contributed by atoms with Gasteiger partial charge in [0.05, 0.1) is 27.4 Å². The summed E-state index contributed by atoms with van der Waals surface area (Å²) in [5.41, 5.74) is 7.62. The van der Waals surface area contributed by atoms with E-state index in [1.54, 1.807) is 30.5 Å². The molecule has 2 aromatic carbocycles. The summed E-state index contributed by atoms with van der Waals surface area (Å²) in [6.45, 7) is 1.53. The third kappa shape index (κ3) is 5.22. The van der Waals surface area contributed by atoms with Gasteiger partial charge in [0.1, 0.15) is 17.3 Å². The van der Waals surface area contributed by atoms with Gasteiger partial charge < -0.3 is 11.1 Å². The van der Waals surface area contributed by atoms with Gasteiger partial charge in [0.15, 0.2) is 0 Å². The van der Waals surface area contributed by atoms with Crippen LogP contribution in [0, 0.1) is 5.82 Å². The van der Waals surface area contributed by atoms with E-state index in [1.165, 1.54) is 0 Å². The Morgan fingerprint density at radius 1 is 1.13 bits per heavy atom. The predicted molar refractivity (Wildman–Crippen MR) is 134 cm³/mol. The van der Waals surface area contributed by atoms with E-state index >= 15 is 0 Å². The molecule has 4 N–H and O–H groups in total. The summed E-state index contributed by atoms with van der Waals surface area (Å²) in [5, 5.41) is 8.95. The molecular formula is C25H24F4N6O2S. The monoisotopic (exact) mass is 548 g/mol. The molecule has 5 rings (SSSR count). The summed E-state index contributed by atoms with van der Waals surface area (Å²) in [4.78, 5) is 3.41. The Hall–Kier alpha value is -3.55. The average Bonchev–Trinajstić information content (AvgIpc) is 3.28. The Kier molecular flexibility index (Phi) is 6.84. The van der Waals surface area contributed by atoms with E-state index < -0.39 is 32.5 Å². The van der Waals surface area contributed by atoms with Crippen LogP contribution in [0.4, 0.5) is 23.4 Å². The molecule has 0 unspecified atom stereocenters. The largest absolute Gasteiger partial charge is 0.416 e. The van der Waals surface area contributed by atoms with Crippen LogP contribution in [-0.4, -0.2) is 36.3 Å². The first-order valence-electron chi connectivity index (χ1n) is 11.8. The van der Waals surface area contributed by atoms with Crippen LogP contribution in [0.3, 0.4) is 0 Å². The number of hydrogen-bond donors (Lipinski definition) is 3. The Bertz CT molecular complexity index is 1580. The first-order valence-corrected chi connectivity index (χ1v) is 13.3. The van der Waals surface area contributed by atoms with Crippen LogP contribution in [0.2, 0.25) is 0 Å². The topological polar surface area (TPSA) is 115 Å². The van der Waals surface area contributed by atoms with Gasteiger partial charge in [0.2, 0.25) is 10.0 Å². The number of benzene rings is 2.